The number of methoxy groups -OCH3 is 1. The van der Waals surface area contributed by atoms with E-state index in [0.717, 1.165) is 18.4 Å². The predicted octanol–water partition coefficient (Wildman–Crippen LogP) is 3.75. The Balaban J connectivity index is 1.48. The smallest absolute Gasteiger partial charge is 0.246 e. The van der Waals surface area contributed by atoms with Gasteiger partial charge >= 0.3 is 0 Å². The van der Waals surface area contributed by atoms with Crippen molar-refractivity contribution in [3.8, 4) is 22.5 Å². The third kappa shape index (κ3) is 6.50. The van der Waals surface area contributed by atoms with Gasteiger partial charge < -0.3 is 19.7 Å². The molecule has 1 aromatic carbocycles. The van der Waals surface area contributed by atoms with E-state index in [0.29, 0.717) is 54.1 Å². The van der Waals surface area contributed by atoms with E-state index < -0.39 is 0 Å². The van der Waals surface area contributed by atoms with Crippen molar-refractivity contribution in [2.75, 3.05) is 44.9 Å². The standard InChI is InChI=1S/C25H27ClFN5O3/c1-34-12-13-35-16-23(33)30-19-7-10-32(11-8-19)22-15-29-24(17-2-4-18(27)5-3-17)25(31-22)20-6-9-28-14-21(20)26/h2-6,9,14-15,19H,7-8,10-13,16H2,1H3,(H,30,33). The van der Waals surface area contributed by atoms with Gasteiger partial charge in [-0.3, -0.25) is 14.8 Å². The normalized spacial score (nSPS) is 14.2. The van der Waals surface area contributed by atoms with Crippen LogP contribution in [0.3, 0.4) is 0 Å². The minimum absolute atomic E-state index is 0.0238. The molecule has 0 spiro atoms. The maximum Gasteiger partial charge on any atom is 0.246 e. The van der Waals surface area contributed by atoms with Crippen LogP contribution in [0.1, 0.15) is 12.8 Å². The third-order valence-electron chi connectivity index (χ3n) is 5.75. The zero-order valence-electron chi connectivity index (χ0n) is 19.4. The first-order valence-corrected chi connectivity index (χ1v) is 11.8. The van der Waals surface area contributed by atoms with Crippen molar-refractivity contribution in [2.24, 2.45) is 0 Å². The summed E-state index contributed by atoms with van der Waals surface area (Å²) in [6.45, 7) is 2.29. The molecule has 35 heavy (non-hydrogen) atoms. The quantitative estimate of drug-likeness (QED) is 0.448. The molecule has 0 saturated carbocycles. The lowest BCUT2D eigenvalue weighted by Gasteiger charge is -2.33. The highest BCUT2D eigenvalue weighted by Gasteiger charge is 2.23. The van der Waals surface area contributed by atoms with Crippen molar-refractivity contribution >= 4 is 23.3 Å². The summed E-state index contributed by atoms with van der Waals surface area (Å²) in [5, 5.41) is 3.48. The summed E-state index contributed by atoms with van der Waals surface area (Å²) in [6, 6.07) is 8.00. The van der Waals surface area contributed by atoms with Gasteiger partial charge in [0.1, 0.15) is 23.9 Å². The van der Waals surface area contributed by atoms with Crippen LogP contribution in [0, 0.1) is 5.82 Å². The van der Waals surface area contributed by atoms with Crippen molar-refractivity contribution < 1.29 is 18.7 Å². The van der Waals surface area contributed by atoms with Crippen LogP contribution in [0.15, 0.2) is 48.9 Å². The molecule has 0 unspecified atom stereocenters. The van der Waals surface area contributed by atoms with Crippen molar-refractivity contribution in [1.82, 2.24) is 20.3 Å². The second kappa shape index (κ2) is 12.0. The number of nitrogens with one attached hydrogen (secondary N) is 1. The molecule has 0 bridgehead atoms. The number of ether oxygens (including phenoxy) is 2. The highest BCUT2D eigenvalue weighted by molar-refractivity contribution is 6.33. The van der Waals surface area contributed by atoms with E-state index >= 15 is 0 Å². The van der Waals surface area contributed by atoms with Crippen LogP contribution >= 0.6 is 11.6 Å². The van der Waals surface area contributed by atoms with Crippen LogP contribution in [-0.2, 0) is 14.3 Å². The van der Waals surface area contributed by atoms with Crippen LogP contribution in [0.25, 0.3) is 22.5 Å². The number of benzene rings is 1. The first-order chi connectivity index (χ1) is 17.0. The second-order valence-electron chi connectivity index (χ2n) is 8.16. The number of aromatic nitrogens is 3. The number of rotatable bonds is 9. The predicted molar refractivity (Wildman–Crippen MR) is 132 cm³/mol. The molecule has 0 radical (unpaired) electrons. The Bertz CT molecular complexity index is 1140. The molecule has 1 amide bonds. The number of piperidine rings is 1. The minimum atomic E-state index is -0.321. The largest absolute Gasteiger partial charge is 0.382 e. The number of amides is 1. The first-order valence-electron chi connectivity index (χ1n) is 11.4. The van der Waals surface area contributed by atoms with Gasteiger partial charge in [-0.25, -0.2) is 9.37 Å². The topological polar surface area (TPSA) is 89.5 Å². The van der Waals surface area contributed by atoms with E-state index in [1.165, 1.54) is 12.1 Å². The number of hydrogen-bond donors (Lipinski definition) is 1. The van der Waals surface area contributed by atoms with Gasteiger partial charge in [0.2, 0.25) is 5.91 Å². The molecule has 1 aliphatic rings. The molecule has 0 aliphatic carbocycles. The summed E-state index contributed by atoms with van der Waals surface area (Å²) in [5.74, 6) is 0.266. The van der Waals surface area contributed by atoms with Crippen molar-refractivity contribution in [3.05, 3.63) is 59.8 Å². The minimum Gasteiger partial charge on any atom is -0.382 e. The molecule has 8 nitrogen and oxygen atoms in total. The maximum absolute atomic E-state index is 13.5. The van der Waals surface area contributed by atoms with Crippen LogP contribution in [-0.4, -0.2) is 66.9 Å². The molecule has 1 fully saturated rings. The Hall–Kier alpha value is -3.14. The van der Waals surface area contributed by atoms with E-state index in [-0.39, 0.29) is 24.4 Å². The van der Waals surface area contributed by atoms with Gasteiger partial charge in [0.25, 0.3) is 0 Å². The molecule has 3 heterocycles. The number of hydrogen-bond acceptors (Lipinski definition) is 7. The number of anilines is 1. The average molecular weight is 500 g/mol. The fourth-order valence-corrected chi connectivity index (χ4v) is 4.14. The summed E-state index contributed by atoms with van der Waals surface area (Å²) in [5.41, 5.74) is 2.65. The third-order valence-corrected chi connectivity index (χ3v) is 6.06. The van der Waals surface area contributed by atoms with Gasteiger partial charge in [-0.15, -0.1) is 0 Å². The molecule has 0 atom stereocenters. The van der Waals surface area contributed by atoms with Gasteiger partial charge in [0.15, 0.2) is 0 Å². The molecule has 1 N–H and O–H groups in total. The Morgan fingerprint density at radius 3 is 2.63 bits per heavy atom. The Kier molecular flexibility index (Phi) is 8.57. The van der Waals surface area contributed by atoms with Crippen molar-refractivity contribution in [3.63, 3.8) is 0 Å². The molecule has 1 saturated heterocycles. The van der Waals surface area contributed by atoms with Crippen LogP contribution < -0.4 is 10.2 Å². The molecular formula is C25H27ClFN5O3. The van der Waals surface area contributed by atoms with Crippen LogP contribution in [0.4, 0.5) is 10.2 Å². The molecule has 4 rings (SSSR count). The summed E-state index contributed by atoms with van der Waals surface area (Å²) < 4.78 is 23.7. The molecular weight excluding hydrogens is 473 g/mol. The summed E-state index contributed by atoms with van der Waals surface area (Å²) in [4.78, 5) is 27.9. The Labute approximate surface area is 208 Å². The second-order valence-corrected chi connectivity index (χ2v) is 8.57. The summed E-state index contributed by atoms with van der Waals surface area (Å²) in [6.07, 6.45) is 6.48. The summed E-state index contributed by atoms with van der Waals surface area (Å²) >= 11 is 6.44. The maximum atomic E-state index is 13.5. The zero-order valence-corrected chi connectivity index (χ0v) is 20.2. The van der Waals surface area contributed by atoms with E-state index in [4.69, 9.17) is 26.1 Å². The SMILES string of the molecule is COCCOCC(=O)NC1CCN(c2cnc(-c3ccc(F)cc3)c(-c3ccncc3Cl)n2)CC1. The number of nitrogens with zero attached hydrogens (tertiary/aromatic N) is 4. The molecule has 1 aliphatic heterocycles. The number of carbonyl (C=O) groups is 1. The Morgan fingerprint density at radius 2 is 1.91 bits per heavy atom. The van der Waals surface area contributed by atoms with Crippen molar-refractivity contribution in [2.45, 2.75) is 18.9 Å². The fraction of sp³-hybridized carbons (Fsp3) is 0.360. The molecule has 3 aromatic rings. The average Bonchev–Trinajstić information content (AvgIpc) is 2.88. The van der Waals surface area contributed by atoms with Crippen molar-refractivity contribution in [1.29, 1.82) is 0 Å². The van der Waals surface area contributed by atoms with Crippen LogP contribution in [0.2, 0.25) is 5.02 Å². The van der Waals surface area contributed by atoms with E-state index in [2.05, 4.69) is 20.2 Å². The van der Waals surface area contributed by atoms with Crippen LogP contribution in [0.5, 0.6) is 0 Å². The number of pyridine rings is 1. The highest BCUT2D eigenvalue weighted by Crippen LogP contribution is 2.34. The van der Waals surface area contributed by atoms with E-state index in [9.17, 15) is 9.18 Å². The summed E-state index contributed by atoms with van der Waals surface area (Å²) in [7, 11) is 1.59. The van der Waals surface area contributed by atoms with Gasteiger partial charge in [0, 0.05) is 49.8 Å². The highest BCUT2D eigenvalue weighted by atomic mass is 35.5. The molecule has 2 aromatic heterocycles. The molecule has 184 valence electrons. The Morgan fingerprint density at radius 1 is 1.14 bits per heavy atom. The molecule has 10 heteroatoms. The lowest BCUT2D eigenvalue weighted by atomic mass is 10.0. The lowest BCUT2D eigenvalue weighted by Crippen LogP contribution is -2.46. The first kappa shape index (κ1) is 25.0. The van der Waals surface area contributed by atoms with E-state index in [1.54, 1.807) is 43.9 Å². The van der Waals surface area contributed by atoms with Gasteiger partial charge in [-0.1, -0.05) is 11.6 Å². The van der Waals surface area contributed by atoms with Gasteiger partial charge in [0.05, 0.1) is 30.1 Å². The van der Waals surface area contributed by atoms with Gasteiger partial charge in [-0.05, 0) is 43.2 Å². The van der Waals surface area contributed by atoms with E-state index in [1.807, 2.05) is 0 Å². The number of carbonyl (C=O) groups excluding carboxylic acids is 1. The monoisotopic (exact) mass is 499 g/mol. The zero-order chi connectivity index (χ0) is 24.6. The van der Waals surface area contributed by atoms with Gasteiger partial charge in [-0.2, -0.15) is 0 Å². The fourth-order valence-electron chi connectivity index (χ4n) is 3.94. The number of halogens is 2. The lowest BCUT2D eigenvalue weighted by molar-refractivity contribution is -0.127.